The first-order valence-electron chi connectivity index (χ1n) is 5.95. The zero-order chi connectivity index (χ0) is 11.5. The van der Waals surface area contributed by atoms with Gasteiger partial charge in [0.15, 0.2) is 0 Å². The van der Waals surface area contributed by atoms with Crippen LogP contribution in [0.2, 0.25) is 0 Å². The van der Waals surface area contributed by atoms with Crippen LogP contribution in [0.25, 0.3) is 10.9 Å². The van der Waals surface area contributed by atoms with Crippen LogP contribution in [0, 0.1) is 5.92 Å². The van der Waals surface area contributed by atoms with Gasteiger partial charge < -0.3 is 5.73 Å². The second-order valence-electron chi connectivity index (χ2n) is 4.33. The third-order valence-corrected chi connectivity index (χ3v) is 3.25. The first-order valence-corrected chi connectivity index (χ1v) is 5.95. The van der Waals surface area contributed by atoms with Gasteiger partial charge in [0.1, 0.15) is 0 Å². The topological polar surface area (TPSA) is 43.8 Å². The van der Waals surface area contributed by atoms with E-state index in [9.17, 15) is 0 Å². The molecule has 0 saturated heterocycles. The van der Waals surface area contributed by atoms with Crippen LogP contribution in [-0.4, -0.2) is 9.78 Å². The number of hydrogen-bond acceptors (Lipinski definition) is 2. The largest absolute Gasteiger partial charge is 0.399 e. The van der Waals surface area contributed by atoms with E-state index in [2.05, 4.69) is 23.6 Å². The molecule has 16 heavy (non-hydrogen) atoms. The van der Waals surface area contributed by atoms with Crippen LogP contribution in [-0.2, 0) is 6.54 Å². The molecule has 0 aliphatic rings. The van der Waals surface area contributed by atoms with E-state index in [1.807, 2.05) is 24.4 Å². The zero-order valence-corrected chi connectivity index (χ0v) is 9.98. The van der Waals surface area contributed by atoms with Crippen molar-refractivity contribution >= 4 is 16.6 Å². The van der Waals surface area contributed by atoms with Crippen LogP contribution < -0.4 is 5.73 Å². The summed E-state index contributed by atoms with van der Waals surface area (Å²) in [6.45, 7) is 5.45. The average Bonchev–Trinajstić information content (AvgIpc) is 2.68. The van der Waals surface area contributed by atoms with Gasteiger partial charge in [-0.05, 0) is 24.1 Å². The molecule has 2 N–H and O–H groups in total. The molecule has 0 fully saturated rings. The Morgan fingerprint density at radius 1 is 1.31 bits per heavy atom. The number of nitrogens with zero attached hydrogens (tertiary/aromatic N) is 2. The van der Waals surface area contributed by atoms with Crippen molar-refractivity contribution in [3.05, 3.63) is 24.4 Å². The van der Waals surface area contributed by atoms with E-state index in [0.29, 0.717) is 5.92 Å². The van der Waals surface area contributed by atoms with E-state index in [1.54, 1.807) is 0 Å². The molecule has 86 valence electrons. The van der Waals surface area contributed by atoms with Crippen molar-refractivity contribution in [1.82, 2.24) is 9.78 Å². The molecule has 3 nitrogen and oxygen atoms in total. The van der Waals surface area contributed by atoms with Gasteiger partial charge in [0, 0.05) is 17.6 Å². The summed E-state index contributed by atoms with van der Waals surface area (Å²) in [6, 6.07) is 5.96. The van der Waals surface area contributed by atoms with Gasteiger partial charge in [0.2, 0.25) is 0 Å². The zero-order valence-electron chi connectivity index (χ0n) is 9.98. The summed E-state index contributed by atoms with van der Waals surface area (Å²) < 4.78 is 2.07. The fourth-order valence-electron chi connectivity index (χ4n) is 2.02. The maximum atomic E-state index is 5.81. The molecular weight excluding hydrogens is 198 g/mol. The normalized spacial score (nSPS) is 11.4. The van der Waals surface area contributed by atoms with Gasteiger partial charge in [-0.1, -0.05) is 26.7 Å². The molecular formula is C13H19N3. The fraction of sp³-hybridized carbons (Fsp3) is 0.462. The summed E-state index contributed by atoms with van der Waals surface area (Å²) >= 11 is 0. The molecule has 0 spiro atoms. The monoisotopic (exact) mass is 217 g/mol. The smallest absolute Gasteiger partial charge is 0.0702 e. The third-order valence-electron chi connectivity index (χ3n) is 3.25. The molecule has 2 rings (SSSR count). The highest BCUT2D eigenvalue weighted by molar-refractivity contribution is 5.81. The summed E-state index contributed by atoms with van der Waals surface area (Å²) in [5.74, 6) is 0.699. The Labute approximate surface area is 96.2 Å². The minimum atomic E-state index is 0.699. The predicted molar refractivity (Wildman–Crippen MR) is 68.2 cm³/mol. The predicted octanol–water partition coefficient (Wildman–Crippen LogP) is 3.05. The first-order chi connectivity index (χ1) is 7.74. The van der Waals surface area contributed by atoms with E-state index in [1.165, 1.54) is 18.2 Å². The summed E-state index contributed by atoms with van der Waals surface area (Å²) in [6.07, 6.45) is 4.30. The summed E-state index contributed by atoms with van der Waals surface area (Å²) in [5, 5.41) is 5.60. The minimum Gasteiger partial charge on any atom is -0.399 e. The lowest BCUT2D eigenvalue weighted by molar-refractivity contribution is 0.403. The molecule has 0 bridgehead atoms. The van der Waals surface area contributed by atoms with Crippen molar-refractivity contribution in [3.8, 4) is 0 Å². The second-order valence-corrected chi connectivity index (χ2v) is 4.33. The molecule has 0 atom stereocenters. The van der Waals surface area contributed by atoms with Crippen LogP contribution in [0.5, 0.6) is 0 Å². The fourth-order valence-corrected chi connectivity index (χ4v) is 2.02. The number of anilines is 1. The number of nitrogens with two attached hydrogens (primary N) is 1. The van der Waals surface area contributed by atoms with Crippen LogP contribution in [0.3, 0.4) is 0 Å². The molecule has 0 saturated carbocycles. The minimum absolute atomic E-state index is 0.699. The summed E-state index contributed by atoms with van der Waals surface area (Å²) in [5.41, 5.74) is 7.76. The van der Waals surface area contributed by atoms with E-state index < -0.39 is 0 Å². The molecule has 2 aromatic rings. The molecule has 3 heteroatoms. The molecule has 1 aromatic heterocycles. The number of benzene rings is 1. The molecule has 0 radical (unpaired) electrons. The standard InChI is InChI=1S/C13H19N3/c1-3-10(4-2)9-16-13-7-12(14)6-5-11(13)8-15-16/h5-8,10H,3-4,9,14H2,1-2H3. The highest BCUT2D eigenvalue weighted by Gasteiger charge is 2.08. The molecule has 0 amide bonds. The van der Waals surface area contributed by atoms with Gasteiger partial charge in [0.25, 0.3) is 0 Å². The number of nitrogen functional groups attached to an aromatic ring is 1. The van der Waals surface area contributed by atoms with Crippen molar-refractivity contribution in [2.45, 2.75) is 33.2 Å². The van der Waals surface area contributed by atoms with Crippen LogP contribution in [0.15, 0.2) is 24.4 Å². The maximum absolute atomic E-state index is 5.81. The van der Waals surface area contributed by atoms with Gasteiger partial charge in [-0.3, -0.25) is 4.68 Å². The van der Waals surface area contributed by atoms with Crippen molar-refractivity contribution in [1.29, 1.82) is 0 Å². The Balaban J connectivity index is 2.33. The number of hydrogen-bond donors (Lipinski definition) is 1. The Hall–Kier alpha value is -1.51. The average molecular weight is 217 g/mol. The van der Waals surface area contributed by atoms with E-state index in [-0.39, 0.29) is 0 Å². The second kappa shape index (κ2) is 4.56. The van der Waals surface area contributed by atoms with Crippen molar-refractivity contribution < 1.29 is 0 Å². The van der Waals surface area contributed by atoms with Crippen molar-refractivity contribution in [3.63, 3.8) is 0 Å². The Bertz CT molecular complexity index is 469. The number of fused-ring (bicyclic) bond motifs is 1. The van der Waals surface area contributed by atoms with Gasteiger partial charge in [0.05, 0.1) is 11.7 Å². The lowest BCUT2D eigenvalue weighted by Crippen LogP contribution is -2.10. The Morgan fingerprint density at radius 2 is 2.06 bits per heavy atom. The lowest BCUT2D eigenvalue weighted by atomic mass is 10.0. The van der Waals surface area contributed by atoms with Crippen LogP contribution >= 0.6 is 0 Å². The molecule has 1 heterocycles. The maximum Gasteiger partial charge on any atom is 0.0702 e. The summed E-state index contributed by atoms with van der Waals surface area (Å²) in [7, 11) is 0. The summed E-state index contributed by atoms with van der Waals surface area (Å²) in [4.78, 5) is 0. The van der Waals surface area contributed by atoms with Gasteiger partial charge >= 0.3 is 0 Å². The highest BCUT2D eigenvalue weighted by atomic mass is 15.3. The SMILES string of the molecule is CCC(CC)Cn1ncc2ccc(N)cc21. The van der Waals surface area contributed by atoms with Crippen molar-refractivity contribution in [2.24, 2.45) is 5.92 Å². The van der Waals surface area contributed by atoms with Gasteiger partial charge in [-0.25, -0.2) is 0 Å². The Kier molecular flexibility index (Phi) is 3.13. The first kappa shape index (κ1) is 11.0. The number of aromatic nitrogens is 2. The third kappa shape index (κ3) is 2.03. The number of rotatable bonds is 4. The molecule has 1 aromatic carbocycles. The van der Waals surface area contributed by atoms with Crippen LogP contribution in [0.4, 0.5) is 5.69 Å². The Morgan fingerprint density at radius 3 is 2.75 bits per heavy atom. The quantitative estimate of drug-likeness (QED) is 0.800. The van der Waals surface area contributed by atoms with E-state index >= 15 is 0 Å². The van der Waals surface area contributed by atoms with E-state index in [0.717, 1.165) is 17.7 Å². The van der Waals surface area contributed by atoms with Crippen molar-refractivity contribution in [2.75, 3.05) is 5.73 Å². The molecule has 0 unspecified atom stereocenters. The highest BCUT2D eigenvalue weighted by Crippen LogP contribution is 2.19. The van der Waals surface area contributed by atoms with Gasteiger partial charge in [-0.15, -0.1) is 0 Å². The van der Waals surface area contributed by atoms with Crippen LogP contribution in [0.1, 0.15) is 26.7 Å². The molecule has 0 aliphatic heterocycles. The molecule has 0 aliphatic carbocycles. The van der Waals surface area contributed by atoms with Gasteiger partial charge in [-0.2, -0.15) is 5.10 Å². The lowest BCUT2D eigenvalue weighted by Gasteiger charge is -2.12. The van der Waals surface area contributed by atoms with E-state index in [4.69, 9.17) is 5.73 Å².